The minimum absolute atomic E-state index is 0.0462. The summed E-state index contributed by atoms with van der Waals surface area (Å²) in [5, 5.41) is 9.34. The molecule has 238 valence electrons. The molecule has 2 saturated heterocycles. The molecule has 0 aromatic heterocycles. The Labute approximate surface area is 254 Å². The number of carbonyl (C=O) groups is 2. The molecule has 0 spiro atoms. The lowest BCUT2D eigenvalue weighted by Crippen LogP contribution is -2.62. The van der Waals surface area contributed by atoms with E-state index in [2.05, 4.69) is 16.7 Å². The number of hydrogen-bond donors (Lipinski definition) is 1. The number of ether oxygens (including phenoxy) is 1. The van der Waals surface area contributed by atoms with E-state index in [1.807, 2.05) is 13.8 Å². The van der Waals surface area contributed by atoms with Gasteiger partial charge in [0.15, 0.2) is 0 Å². The smallest absolute Gasteiger partial charge is 0.416 e. The summed E-state index contributed by atoms with van der Waals surface area (Å²) < 4.78 is 61.1. The highest BCUT2D eigenvalue weighted by atomic mass is 19.4. The van der Waals surface area contributed by atoms with Gasteiger partial charge in [0, 0.05) is 55.9 Å². The SMILES string of the molecule is C[C@H]1CN([C@@H]2CC[C@@](C(=O)N3Cc4cc(C(F)(F)F)ccc4C(C)(C)C3)(C3CC3)OC2)CCN1c1ccc(F)c(C(=O)O)c1. The summed E-state index contributed by atoms with van der Waals surface area (Å²) in [4.78, 5) is 31.9. The van der Waals surface area contributed by atoms with Crippen LogP contribution in [-0.4, -0.2) is 77.3 Å². The fourth-order valence-corrected chi connectivity index (χ4v) is 7.64. The van der Waals surface area contributed by atoms with E-state index < -0.39 is 34.5 Å². The van der Waals surface area contributed by atoms with Gasteiger partial charge in [-0.25, -0.2) is 9.18 Å². The predicted octanol–water partition coefficient (Wildman–Crippen LogP) is 5.70. The number of rotatable bonds is 5. The maximum Gasteiger partial charge on any atom is 0.416 e. The lowest BCUT2D eigenvalue weighted by Gasteiger charge is -2.49. The Morgan fingerprint density at radius 1 is 1.05 bits per heavy atom. The molecule has 1 amide bonds. The largest absolute Gasteiger partial charge is 0.478 e. The van der Waals surface area contributed by atoms with E-state index in [0.717, 1.165) is 30.9 Å². The molecular formula is C33H39F4N3O4. The highest BCUT2D eigenvalue weighted by Crippen LogP contribution is 2.49. The first-order valence-electron chi connectivity index (χ1n) is 15.4. The minimum atomic E-state index is -4.45. The molecule has 2 aromatic carbocycles. The fraction of sp³-hybridized carbons (Fsp3) is 0.576. The van der Waals surface area contributed by atoms with E-state index in [0.29, 0.717) is 50.5 Å². The van der Waals surface area contributed by atoms with Crippen molar-refractivity contribution in [3.63, 3.8) is 0 Å². The van der Waals surface area contributed by atoms with Crippen LogP contribution in [0.3, 0.4) is 0 Å². The van der Waals surface area contributed by atoms with Crippen LogP contribution in [0.25, 0.3) is 0 Å². The molecule has 0 unspecified atom stereocenters. The van der Waals surface area contributed by atoms with Crippen LogP contribution < -0.4 is 4.90 Å². The van der Waals surface area contributed by atoms with Gasteiger partial charge >= 0.3 is 12.1 Å². The van der Waals surface area contributed by atoms with Crippen LogP contribution in [-0.2, 0) is 27.7 Å². The molecule has 1 aliphatic carbocycles. The maximum atomic E-state index is 14.3. The third-order valence-corrected chi connectivity index (χ3v) is 10.1. The first-order valence-corrected chi connectivity index (χ1v) is 15.4. The average molecular weight is 618 g/mol. The molecule has 3 heterocycles. The quantitative estimate of drug-likeness (QED) is 0.434. The van der Waals surface area contributed by atoms with Crippen molar-refractivity contribution < 1.29 is 37.0 Å². The van der Waals surface area contributed by atoms with Gasteiger partial charge in [0.2, 0.25) is 0 Å². The Bertz CT molecular complexity index is 1450. The topological polar surface area (TPSA) is 73.3 Å². The van der Waals surface area contributed by atoms with E-state index in [1.165, 1.54) is 18.2 Å². The van der Waals surface area contributed by atoms with Gasteiger partial charge in [-0.15, -0.1) is 0 Å². The molecule has 1 N–H and O–H groups in total. The van der Waals surface area contributed by atoms with Crippen molar-refractivity contribution in [2.24, 2.45) is 5.92 Å². The molecule has 3 aliphatic heterocycles. The monoisotopic (exact) mass is 617 g/mol. The zero-order valence-electron chi connectivity index (χ0n) is 25.3. The number of benzene rings is 2. The predicted molar refractivity (Wildman–Crippen MR) is 156 cm³/mol. The van der Waals surface area contributed by atoms with Crippen molar-refractivity contribution in [2.75, 3.05) is 37.7 Å². The standard InChI is InChI=1S/C33H39F4N3O4/c1-20-16-38(12-13-40(20)24-7-9-28(34)26(15-24)29(41)42)25-10-11-32(44-18-25,22-4-5-22)30(43)39-17-21-14-23(33(35,36)37)6-8-27(21)31(2,3)19-39/h6-9,14-15,20,22,25H,4-5,10-13,16-19H2,1-3H3,(H,41,42)/t20-,25+,32-/m0/s1. The number of aromatic carboxylic acids is 1. The maximum absolute atomic E-state index is 14.3. The summed E-state index contributed by atoms with van der Waals surface area (Å²) in [6.45, 7) is 8.98. The molecule has 3 atom stereocenters. The second-order valence-corrected chi connectivity index (χ2v) is 13.6. The summed E-state index contributed by atoms with van der Waals surface area (Å²) in [6, 6.07) is 8.21. The molecule has 0 bridgehead atoms. The fourth-order valence-electron chi connectivity index (χ4n) is 7.64. The molecule has 1 saturated carbocycles. The summed E-state index contributed by atoms with van der Waals surface area (Å²) >= 11 is 0. The number of anilines is 1. The van der Waals surface area contributed by atoms with Gasteiger partial charge in [-0.05, 0) is 80.0 Å². The molecule has 3 fully saturated rings. The van der Waals surface area contributed by atoms with Crippen LogP contribution in [0.5, 0.6) is 0 Å². The third kappa shape index (κ3) is 5.57. The lowest BCUT2D eigenvalue weighted by atomic mass is 9.76. The number of carboxylic acids is 1. The Balaban J connectivity index is 1.14. The van der Waals surface area contributed by atoms with Crippen molar-refractivity contribution in [3.05, 3.63) is 64.5 Å². The molecule has 7 nitrogen and oxygen atoms in total. The van der Waals surface area contributed by atoms with Crippen molar-refractivity contribution >= 4 is 17.6 Å². The number of amides is 1. The van der Waals surface area contributed by atoms with Gasteiger partial charge < -0.3 is 19.6 Å². The third-order valence-electron chi connectivity index (χ3n) is 10.1. The molecular weight excluding hydrogens is 578 g/mol. The minimum Gasteiger partial charge on any atom is -0.478 e. The van der Waals surface area contributed by atoms with Crippen LogP contribution >= 0.6 is 0 Å². The summed E-state index contributed by atoms with van der Waals surface area (Å²) in [7, 11) is 0. The Morgan fingerprint density at radius 2 is 1.80 bits per heavy atom. The number of hydrogen-bond acceptors (Lipinski definition) is 5. The van der Waals surface area contributed by atoms with Crippen LogP contribution in [0.4, 0.5) is 23.2 Å². The van der Waals surface area contributed by atoms with E-state index in [1.54, 1.807) is 17.0 Å². The molecule has 2 aromatic rings. The van der Waals surface area contributed by atoms with Crippen molar-refractivity contribution in [1.29, 1.82) is 0 Å². The zero-order valence-corrected chi connectivity index (χ0v) is 25.3. The number of carbonyl (C=O) groups excluding carboxylic acids is 1. The average Bonchev–Trinajstić information content (AvgIpc) is 3.82. The molecule has 4 aliphatic rings. The van der Waals surface area contributed by atoms with Gasteiger partial charge in [0.25, 0.3) is 5.91 Å². The second-order valence-electron chi connectivity index (χ2n) is 13.6. The lowest BCUT2D eigenvalue weighted by molar-refractivity contribution is -0.177. The van der Waals surface area contributed by atoms with Crippen LogP contribution in [0.2, 0.25) is 0 Å². The second kappa shape index (κ2) is 11.0. The molecule has 11 heteroatoms. The van der Waals surface area contributed by atoms with Gasteiger partial charge in [-0.2, -0.15) is 13.2 Å². The summed E-state index contributed by atoms with van der Waals surface area (Å²) in [5.41, 5.74) is -0.462. The van der Waals surface area contributed by atoms with Gasteiger partial charge in [0.1, 0.15) is 11.4 Å². The number of nitrogens with zero attached hydrogens (tertiary/aromatic N) is 3. The Kier molecular flexibility index (Phi) is 7.72. The summed E-state index contributed by atoms with van der Waals surface area (Å²) in [6.07, 6.45) is -1.34. The molecule has 6 rings (SSSR count). The van der Waals surface area contributed by atoms with Crippen molar-refractivity contribution in [3.8, 4) is 0 Å². The first kappa shape index (κ1) is 30.8. The first-order chi connectivity index (χ1) is 20.7. The number of halogens is 4. The molecule has 44 heavy (non-hydrogen) atoms. The highest BCUT2D eigenvalue weighted by Gasteiger charge is 2.56. The molecule has 0 radical (unpaired) electrons. The summed E-state index contributed by atoms with van der Waals surface area (Å²) in [5.74, 6) is -2.06. The van der Waals surface area contributed by atoms with Gasteiger partial charge in [-0.3, -0.25) is 9.69 Å². The van der Waals surface area contributed by atoms with E-state index in [9.17, 15) is 32.3 Å². The van der Waals surface area contributed by atoms with E-state index in [-0.39, 0.29) is 36.0 Å². The number of alkyl halides is 3. The highest BCUT2D eigenvalue weighted by molar-refractivity contribution is 5.89. The number of carboxylic acid groups (broad SMARTS) is 1. The van der Waals surface area contributed by atoms with E-state index in [4.69, 9.17) is 4.74 Å². The van der Waals surface area contributed by atoms with Crippen molar-refractivity contribution in [1.82, 2.24) is 9.80 Å². The Morgan fingerprint density at radius 3 is 2.41 bits per heavy atom. The normalized spacial score (nSPS) is 27.6. The van der Waals surface area contributed by atoms with Crippen LogP contribution in [0, 0.1) is 11.7 Å². The van der Waals surface area contributed by atoms with Gasteiger partial charge in [0.05, 0.1) is 17.7 Å². The Hall–Kier alpha value is -3.18. The zero-order chi connectivity index (χ0) is 31.6. The number of fused-ring (bicyclic) bond motifs is 1. The van der Waals surface area contributed by atoms with E-state index >= 15 is 0 Å². The van der Waals surface area contributed by atoms with Gasteiger partial charge in [-0.1, -0.05) is 19.9 Å². The number of piperazine rings is 1. The van der Waals surface area contributed by atoms with Crippen molar-refractivity contribution in [2.45, 2.75) is 82.3 Å². The van der Waals surface area contributed by atoms with Crippen LogP contribution in [0.1, 0.15) is 73.5 Å². The van der Waals surface area contributed by atoms with Crippen LogP contribution in [0.15, 0.2) is 36.4 Å².